The van der Waals surface area contributed by atoms with Crippen LogP contribution in [0, 0.1) is 5.82 Å². The molecule has 0 amide bonds. The number of aliphatic hydroxyl groups excluding tert-OH is 1. The van der Waals surface area contributed by atoms with Gasteiger partial charge < -0.3 is 9.84 Å². The van der Waals surface area contributed by atoms with Gasteiger partial charge in [0, 0.05) is 0 Å². The second kappa shape index (κ2) is 5.78. The van der Waals surface area contributed by atoms with Gasteiger partial charge in [0.05, 0.1) is 16.1 Å². The molecule has 1 unspecified atom stereocenters. The van der Waals surface area contributed by atoms with Crippen LogP contribution in [0.2, 0.25) is 10.0 Å². The summed E-state index contributed by atoms with van der Waals surface area (Å²) in [6, 6.07) is 8.77. The van der Waals surface area contributed by atoms with Crippen LogP contribution in [0.4, 0.5) is 4.39 Å². The lowest BCUT2D eigenvalue weighted by atomic mass is 10.1. The van der Waals surface area contributed by atoms with Crippen LogP contribution in [0.1, 0.15) is 18.6 Å². The van der Waals surface area contributed by atoms with Crippen LogP contribution in [0.25, 0.3) is 0 Å². The highest BCUT2D eigenvalue weighted by Gasteiger charge is 2.10. The van der Waals surface area contributed by atoms with E-state index in [0.717, 1.165) is 6.07 Å². The zero-order valence-electron chi connectivity index (χ0n) is 10.0. The summed E-state index contributed by atoms with van der Waals surface area (Å²) >= 11 is 11.9. The first-order valence-corrected chi connectivity index (χ1v) is 6.33. The summed E-state index contributed by atoms with van der Waals surface area (Å²) in [5.41, 5.74) is 0.683. The molecule has 0 saturated heterocycles. The maximum absolute atomic E-state index is 12.9. The highest BCUT2D eigenvalue weighted by Crippen LogP contribution is 2.35. The predicted octanol–water partition coefficient (Wildman–Crippen LogP) is 4.98. The Bertz CT molecular complexity index is 600. The third-order valence-electron chi connectivity index (χ3n) is 2.55. The van der Waals surface area contributed by atoms with Crippen LogP contribution in [0.5, 0.6) is 11.5 Å². The van der Waals surface area contributed by atoms with E-state index < -0.39 is 11.9 Å². The average Bonchev–Trinajstić information content (AvgIpc) is 2.34. The number of hydrogen-bond donors (Lipinski definition) is 1. The molecule has 0 saturated carbocycles. The Kier molecular flexibility index (Phi) is 4.30. The molecule has 0 aliphatic rings. The van der Waals surface area contributed by atoms with E-state index in [-0.39, 0.29) is 5.02 Å². The fourth-order valence-electron chi connectivity index (χ4n) is 1.54. The lowest BCUT2D eigenvalue weighted by Crippen LogP contribution is -1.92. The molecule has 5 heteroatoms. The van der Waals surface area contributed by atoms with E-state index >= 15 is 0 Å². The van der Waals surface area contributed by atoms with Crippen molar-refractivity contribution in [3.05, 3.63) is 57.8 Å². The molecule has 0 bridgehead atoms. The van der Waals surface area contributed by atoms with Gasteiger partial charge in [-0.3, -0.25) is 0 Å². The third-order valence-corrected chi connectivity index (χ3v) is 3.14. The van der Waals surface area contributed by atoms with E-state index in [1.165, 1.54) is 12.1 Å². The van der Waals surface area contributed by atoms with E-state index in [2.05, 4.69) is 0 Å². The monoisotopic (exact) mass is 300 g/mol. The molecule has 2 aromatic rings. The van der Waals surface area contributed by atoms with Crippen molar-refractivity contribution in [2.24, 2.45) is 0 Å². The summed E-state index contributed by atoms with van der Waals surface area (Å²) in [6.45, 7) is 1.64. The lowest BCUT2D eigenvalue weighted by Gasteiger charge is -2.11. The molecule has 19 heavy (non-hydrogen) atoms. The summed E-state index contributed by atoms with van der Waals surface area (Å²) in [7, 11) is 0. The first-order valence-electron chi connectivity index (χ1n) is 5.58. The van der Waals surface area contributed by atoms with Crippen LogP contribution < -0.4 is 4.74 Å². The molecule has 2 aromatic carbocycles. The van der Waals surface area contributed by atoms with Crippen LogP contribution in [-0.2, 0) is 0 Å². The molecule has 0 aliphatic heterocycles. The van der Waals surface area contributed by atoms with Gasteiger partial charge in [-0.1, -0.05) is 29.3 Å². The number of halogens is 3. The number of ether oxygens (including phenoxy) is 1. The van der Waals surface area contributed by atoms with Gasteiger partial charge in [0.1, 0.15) is 17.3 Å². The van der Waals surface area contributed by atoms with Gasteiger partial charge in [-0.25, -0.2) is 4.39 Å². The first-order chi connectivity index (χ1) is 8.97. The molecule has 2 rings (SSSR count). The topological polar surface area (TPSA) is 29.5 Å². The standard InChI is InChI=1S/C14H11Cl2FO2/c1-8(18)9-2-4-13(11(15)6-9)19-14-5-3-10(17)7-12(14)16/h2-8,18H,1H3. The lowest BCUT2D eigenvalue weighted by molar-refractivity contribution is 0.199. The van der Waals surface area contributed by atoms with Gasteiger partial charge in [-0.05, 0) is 42.8 Å². The van der Waals surface area contributed by atoms with Gasteiger partial charge in [0.15, 0.2) is 0 Å². The molecule has 0 aliphatic carbocycles. The number of benzene rings is 2. The minimum absolute atomic E-state index is 0.163. The van der Waals surface area contributed by atoms with Crippen LogP contribution in [0.15, 0.2) is 36.4 Å². The highest BCUT2D eigenvalue weighted by molar-refractivity contribution is 6.32. The van der Waals surface area contributed by atoms with Crippen molar-refractivity contribution in [1.29, 1.82) is 0 Å². The summed E-state index contributed by atoms with van der Waals surface area (Å²) < 4.78 is 18.4. The number of hydrogen-bond acceptors (Lipinski definition) is 2. The zero-order chi connectivity index (χ0) is 14.0. The Hall–Kier alpha value is -1.29. The Morgan fingerprint density at radius 2 is 1.63 bits per heavy atom. The number of aliphatic hydroxyl groups is 1. The minimum Gasteiger partial charge on any atom is -0.454 e. The summed E-state index contributed by atoms with van der Waals surface area (Å²) in [5, 5.41) is 9.95. The first kappa shape index (κ1) is 14.1. The van der Waals surface area contributed by atoms with E-state index in [1.54, 1.807) is 25.1 Å². The smallest absolute Gasteiger partial charge is 0.146 e. The van der Waals surface area contributed by atoms with Crippen molar-refractivity contribution < 1.29 is 14.2 Å². The average molecular weight is 301 g/mol. The van der Waals surface area contributed by atoms with Crippen LogP contribution in [0.3, 0.4) is 0 Å². The molecule has 0 heterocycles. The van der Waals surface area contributed by atoms with Gasteiger partial charge in [-0.15, -0.1) is 0 Å². The van der Waals surface area contributed by atoms with Crippen molar-refractivity contribution in [3.63, 3.8) is 0 Å². The van der Waals surface area contributed by atoms with Crippen molar-refractivity contribution in [2.75, 3.05) is 0 Å². The summed E-state index contributed by atoms with van der Waals surface area (Å²) in [5.74, 6) is 0.266. The Balaban J connectivity index is 2.28. The predicted molar refractivity (Wildman–Crippen MR) is 73.6 cm³/mol. The minimum atomic E-state index is -0.610. The fourth-order valence-corrected chi connectivity index (χ4v) is 1.97. The molecule has 0 radical (unpaired) electrons. The summed E-state index contributed by atoms with van der Waals surface area (Å²) in [4.78, 5) is 0. The van der Waals surface area contributed by atoms with E-state index in [0.29, 0.717) is 22.1 Å². The molecule has 1 N–H and O–H groups in total. The van der Waals surface area contributed by atoms with E-state index in [1.807, 2.05) is 0 Å². The van der Waals surface area contributed by atoms with Gasteiger partial charge in [0.2, 0.25) is 0 Å². The third kappa shape index (κ3) is 3.38. The van der Waals surface area contributed by atoms with Crippen molar-refractivity contribution >= 4 is 23.2 Å². The maximum Gasteiger partial charge on any atom is 0.146 e. The molecule has 2 nitrogen and oxygen atoms in total. The van der Waals surface area contributed by atoms with E-state index in [9.17, 15) is 9.50 Å². The van der Waals surface area contributed by atoms with Gasteiger partial charge >= 0.3 is 0 Å². The largest absolute Gasteiger partial charge is 0.454 e. The maximum atomic E-state index is 12.9. The Morgan fingerprint density at radius 1 is 1.05 bits per heavy atom. The van der Waals surface area contributed by atoms with Gasteiger partial charge in [0.25, 0.3) is 0 Å². The summed E-state index contributed by atoms with van der Waals surface area (Å²) in [6.07, 6.45) is -0.610. The Morgan fingerprint density at radius 3 is 2.16 bits per heavy atom. The van der Waals surface area contributed by atoms with Crippen LogP contribution in [-0.4, -0.2) is 5.11 Å². The fraction of sp³-hybridized carbons (Fsp3) is 0.143. The normalized spacial score (nSPS) is 12.3. The van der Waals surface area contributed by atoms with Gasteiger partial charge in [-0.2, -0.15) is 0 Å². The highest BCUT2D eigenvalue weighted by atomic mass is 35.5. The SMILES string of the molecule is CC(O)c1ccc(Oc2ccc(F)cc2Cl)c(Cl)c1. The molecule has 0 spiro atoms. The molecule has 100 valence electrons. The van der Waals surface area contributed by atoms with Crippen molar-refractivity contribution in [3.8, 4) is 11.5 Å². The molecular weight excluding hydrogens is 290 g/mol. The molecule has 1 atom stereocenters. The molecule has 0 fully saturated rings. The van der Waals surface area contributed by atoms with E-state index in [4.69, 9.17) is 27.9 Å². The second-order valence-corrected chi connectivity index (χ2v) is 4.86. The second-order valence-electron chi connectivity index (χ2n) is 4.04. The number of rotatable bonds is 3. The van der Waals surface area contributed by atoms with Crippen molar-refractivity contribution in [1.82, 2.24) is 0 Å². The van der Waals surface area contributed by atoms with Crippen molar-refractivity contribution in [2.45, 2.75) is 13.0 Å². The van der Waals surface area contributed by atoms with Crippen LogP contribution >= 0.6 is 23.2 Å². The zero-order valence-corrected chi connectivity index (χ0v) is 11.5. The quantitative estimate of drug-likeness (QED) is 0.866. The Labute approximate surface area is 120 Å². The molecule has 0 aromatic heterocycles. The molecular formula is C14H11Cl2FO2.